The average Bonchev–Trinajstić information content (AvgIpc) is 3.17. The van der Waals surface area contributed by atoms with Gasteiger partial charge in [0.1, 0.15) is 11.8 Å². The number of nitrogens with one attached hydrogen (secondary N) is 1. The van der Waals surface area contributed by atoms with Crippen molar-refractivity contribution in [1.29, 1.82) is 0 Å². The number of hydrogen-bond donors (Lipinski definition) is 1. The van der Waals surface area contributed by atoms with Gasteiger partial charge in [-0.3, -0.25) is 14.5 Å². The predicted molar refractivity (Wildman–Crippen MR) is 116 cm³/mol. The first-order valence-corrected chi connectivity index (χ1v) is 10.3. The van der Waals surface area contributed by atoms with Gasteiger partial charge in [-0.15, -0.1) is 0 Å². The van der Waals surface area contributed by atoms with Gasteiger partial charge in [0.05, 0.1) is 19.2 Å². The van der Waals surface area contributed by atoms with Crippen molar-refractivity contribution >= 4 is 11.9 Å². The van der Waals surface area contributed by atoms with E-state index < -0.39 is 12.0 Å². The molecule has 7 heteroatoms. The van der Waals surface area contributed by atoms with Crippen molar-refractivity contribution in [2.75, 3.05) is 20.2 Å². The Morgan fingerprint density at radius 2 is 1.81 bits per heavy atom. The number of nitrogens with zero attached hydrogens (tertiary/aromatic N) is 2. The summed E-state index contributed by atoms with van der Waals surface area (Å²) in [6, 6.07) is 17.7. The molecule has 0 aliphatic carbocycles. The standard InChI is InChI=1S/C24H25N3O4/c1-16-20(15-27-13-12-25-23(29)21(27)14-22(28)30-2)26-24(31-16)19-10-8-18(9-11-19)17-6-4-3-5-7-17/h3-11,21H,12-15H2,1-2H3,(H,25,29)/t21-/m1/s1. The number of carbonyl (C=O) groups excluding carboxylic acids is 2. The number of methoxy groups -OCH3 is 1. The maximum Gasteiger partial charge on any atom is 0.307 e. The summed E-state index contributed by atoms with van der Waals surface area (Å²) >= 11 is 0. The molecule has 1 amide bonds. The molecule has 4 rings (SSSR count). The topological polar surface area (TPSA) is 84.7 Å². The van der Waals surface area contributed by atoms with Crippen LogP contribution >= 0.6 is 0 Å². The van der Waals surface area contributed by atoms with E-state index in [4.69, 9.17) is 9.15 Å². The van der Waals surface area contributed by atoms with E-state index in [1.165, 1.54) is 7.11 Å². The van der Waals surface area contributed by atoms with Crippen LogP contribution in [0.3, 0.4) is 0 Å². The molecule has 160 valence electrons. The molecule has 1 aliphatic rings. The zero-order chi connectivity index (χ0) is 21.8. The van der Waals surface area contributed by atoms with E-state index in [1.54, 1.807) is 0 Å². The molecule has 0 spiro atoms. The lowest BCUT2D eigenvalue weighted by Gasteiger charge is -2.33. The van der Waals surface area contributed by atoms with Crippen LogP contribution in [-0.2, 0) is 20.9 Å². The Morgan fingerprint density at radius 1 is 1.13 bits per heavy atom. The molecule has 1 aromatic heterocycles. The van der Waals surface area contributed by atoms with Gasteiger partial charge in [0, 0.05) is 25.2 Å². The van der Waals surface area contributed by atoms with E-state index in [1.807, 2.05) is 54.3 Å². The molecule has 7 nitrogen and oxygen atoms in total. The van der Waals surface area contributed by atoms with Gasteiger partial charge in [-0.2, -0.15) is 0 Å². The van der Waals surface area contributed by atoms with E-state index in [-0.39, 0.29) is 12.3 Å². The molecule has 0 radical (unpaired) electrons. The van der Waals surface area contributed by atoms with Crippen LogP contribution in [0.15, 0.2) is 59.0 Å². The third-order valence-corrected chi connectivity index (χ3v) is 5.51. The highest BCUT2D eigenvalue weighted by molar-refractivity contribution is 5.87. The highest BCUT2D eigenvalue weighted by Crippen LogP contribution is 2.27. The van der Waals surface area contributed by atoms with Gasteiger partial charge < -0.3 is 14.5 Å². The number of amides is 1. The number of rotatable bonds is 6. The summed E-state index contributed by atoms with van der Waals surface area (Å²) in [7, 11) is 1.32. The normalized spacial score (nSPS) is 16.7. The lowest BCUT2D eigenvalue weighted by Crippen LogP contribution is -2.55. The Labute approximate surface area is 181 Å². The fourth-order valence-electron chi connectivity index (χ4n) is 3.74. The van der Waals surface area contributed by atoms with Crippen molar-refractivity contribution in [3.05, 3.63) is 66.1 Å². The monoisotopic (exact) mass is 419 g/mol. The second-order valence-electron chi connectivity index (χ2n) is 7.52. The smallest absolute Gasteiger partial charge is 0.307 e. The Bertz CT molecular complexity index is 1060. The summed E-state index contributed by atoms with van der Waals surface area (Å²) in [5, 5.41) is 2.81. The second kappa shape index (κ2) is 9.14. The molecule has 31 heavy (non-hydrogen) atoms. The third kappa shape index (κ3) is 4.67. The zero-order valence-electron chi connectivity index (χ0n) is 17.6. The van der Waals surface area contributed by atoms with E-state index in [2.05, 4.69) is 22.4 Å². The van der Waals surface area contributed by atoms with Crippen molar-refractivity contribution < 1.29 is 18.7 Å². The van der Waals surface area contributed by atoms with Crippen LogP contribution in [0.4, 0.5) is 0 Å². The van der Waals surface area contributed by atoms with Crippen LogP contribution in [0.2, 0.25) is 0 Å². The van der Waals surface area contributed by atoms with Crippen molar-refractivity contribution in [2.45, 2.75) is 25.9 Å². The summed E-state index contributed by atoms with van der Waals surface area (Å²) < 4.78 is 10.7. The third-order valence-electron chi connectivity index (χ3n) is 5.51. The molecule has 0 saturated carbocycles. The number of benzene rings is 2. The zero-order valence-corrected chi connectivity index (χ0v) is 17.6. The van der Waals surface area contributed by atoms with Gasteiger partial charge >= 0.3 is 5.97 Å². The molecule has 3 aromatic rings. The Hall–Kier alpha value is -3.45. The second-order valence-corrected chi connectivity index (χ2v) is 7.52. The maximum atomic E-state index is 12.3. The van der Waals surface area contributed by atoms with Crippen LogP contribution < -0.4 is 5.32 Å². The minimum absolute atomic E-state index is 0.00698. The van der Waals surface area contributed by atoms with Crippen LogP contribution in [0.1, 0.15) is 17.9 Å². The molecular weight excluding hydrogens is 394 g/mol. The van der Waals surface area contributed by atoms with Crippen molar-refractivity contribution in [3.63, 3.8) is 0 Å². The predicted octanol–water partition coefficient (Wildman–Crippen LogP) is 3.18. The summed E-state index contributed by atoms with van der Waals surface area (Å²) in [4.78, 5) is 30.7. The summed E-state index contributed by atoms with van der Waals surface area (Å²) in [5.41, 5.74) is 3.92. The minimum atomic E-state index is -0.578. The molecule has 2 heterocycles. The summed E-state index contributed by atoms with van der Waals surface area (Å²) in [5.74, 6) is 0.653. The molecule has 2 aromatic carbocycles. The van der Waals surface area contributed by atoms with Crippen LogP contribution in [-0.4, -0.2) is 48.0 Å². The number of hydrogen-bond acceptors (Lipinski definition) is 6. The fourth-order valence-corrected chi connectivity index (χ4v) is 3.74. The Balaban J connectivity index is 1.52. The summed E-state index contributed by atoms with van der Waals surface area (Å²) in [6.07, 6.45) is 0.00698. The molecule has 1 saturated heterocycles. The molecule has 1 aliphatic heterocycles. The minimum Gasteiger partial charge on any atom is -0.469 e. The first kappa shape index (κ1) is 20.8. The first-order chi connectivity index (χ1) is 15.0. The molecular formula is C24H25N3O4. The number of piperazine rings is 1. The van der Waals surface area contributed by atoms with Gasteiger partial charge in [0.25, 0.3) is 0 Å². The Morgan fingerprint density at radius 3 is 2.52 bits per heavy atom. The lowest BCUT2D eigenvalue weighted by molar-refractivity contribution is -0.146. The largest absolute Gasteiger partial charge is 0.469 e. The van der Waals surface area contributed by atoms with Crippen molar-refractivity contribution in [1.82, 2.24) is 15.2 Å². The first-order valence-electron chi connectivity index (χ1n) is 10.3. The molecule has 1 fully saturated rings. The number of ether oxygens (including phenoxy) is 1. The van der Waals surface area contributed by atoms with Gasteiger partial charge in [-0.25, -0.2) is 4.98 Å². The van der Waals surface area contributed by atoms with E-state index >= 15 is 0 Å². The van der Waals surface area contributed by atoms with E-state index in [9.17, 15) is 9.59 Å². The quantitative estimate of drug-likeness (QED) is 0.618. The number of esters is 1. The van der Waals surface area contributed by atoms with Gasteiger partial charge in [0.15, 0.2) is 0 Å². The van der Waals surface area contributed by atoms with Crippen LogP contribution in [0, 0.1) is 6.92 Å². The highest BCUT2D eigenvalue weighted by Gasteiger charge is 2.33. The average molecular weight is 419 g/mol. The summed E-state index contributed by atoms with van der Waals surface area (Å²) in [6.45, 7) is 3.44. The fraction of sp³-hybridized carbons (Fsp3) is 0.292. The van der Waals surface area contributed by atoms with Gasteiger partial charge in [0.2, 0.25) is 11.8 Å². The highest BCUT2D eigenvalue weighted by atomic mass is 16.5. The molecule has 0 unspecified atom stereocenters. The number of aryl methyl sites for hydroxylation is 1. The molecule has 0 bridgehead atoms. The number of oxazole rings is 1. The number of aromatic nitrogens is 1. The molecule has 1 N–H and O–H groups in total. The maximum absolute atomic E-state index is 12.3. The van der Waals surface area contributed by atoms with E-state index in [0.717, 1.165) is 22.4 Å². The van der Waals surface area contributed by atoms with Gasteiger partial charge in [-0.1, -0.05) is 42.5 Å². The van der Waals surface area contributed by atoms with Crippen LogP contribution in [0.5, 0.6) is 0 Å². The number of carbonyl (C=O) groups is 2. The van der Waals surface area contributed by atoms with Crippen molar-refractivity contribution in [3.8, 4) is 22.6 Å². The molecule has 1 atom stereocenters. The van der Waals surface area contributed by atoms with Gasteiger partial charge in [-0.05, 0) is 30.2 Å². The Kier molecular flexibility index (Phi) is 6.13. The van der Waals surface area contributed by atoms with Crippen LogP contribution in [0.25, 0.3) is 22.6 Å². The van der Waals surface area contributed by atoms with Crippen molar-refractivity contribution in [2.24, 2.45) is 0 Å². The lowest BCUT2D eigenvalue weighted by atomic mass is 10.0. The van der Waals surface area contributed by atoms with E-state index in [0.29, 0.717) is 31.3 Å². The SMILES string of the molecule is COC(=O)C[C@@H]1C(=O)NCCN1Cc1nc(-c2ccc(-c3ccccc3)cc2)oc1C.